The van der Waals surface area contributed by atoms with Crippen molar-refractivity contribution in [3.8, 4) is 0 Å². The maximum absolute atomic E-state index is 6.04. The second-order valence-corrected chi connectivity index (χ2v) is 4.52. The van der Waals surface area contributed by atoms with Crippen LogP contribution in [-0.2, 0) is 0 Å². The summed E-state index contributed by atoms with van der Waals surface area (Å²) in [7, 11) is 0. The van der Waals surface area contributed by atoms with Gasteiger partial charge in [0.05, 0.1) is 0 Å². The zero-order chi connectivity index (χ0) is 10.8. The van der Waals surface area contributed by atoms with Gasteiger partial charge in [-0.1, -0.05) is 30.3 Å². The summed E-state index contributed by atoms with van der Waals surface area (Å²) < 4.78 is 0. The molecule has 1 saturated heterocycles. The molecule has 0 saturated carbocycles. The first-order chi connectivity index (χ1) is 7.20. The molecule has 0 amide bonds. The Hall–Kier alpha value is -0.860. The molecule has 0 bridgehead atoms. The summed E-state index contributed by atoms with van der Waals surface area (Å²) in [5, 5.41) is 0. The molecule has 1 heterocycles. The highest BCUT2D eigenvalue weighted by atomic mass is 15.2. The molecule has 1 fully saturated rings. The van der Waals surface area contributed by atoms with Crippen molar-refractivity contribution in [2.75, 3.05) is 6.54 Å². The molecule has 0 radical (unpaired) electrons. The fourth-order valence-corrected chi connectivity index (χ4v) is 2.46. The Morgan fingerprint density at radius 2 is 2.00 bits per heavy atom. The van der Waals surface area contributed by atoms with Crippen LogP contribution >= 0.6 is 0 Å². The Bertz CT molecular complexity index is 310. The molecule has 1 aliphatic heterocycles. The Labute approximate surface area is 92.1 Å². The molecule has 1 aromatic carbocycles. The Morgan fingerprint density at radius 1 is 1.33 bits per heavy atom. The number of nitrogens with zero attached hydrogens (tertiary/aromatic N) is 1. The molecule has 0 aliphatic carbocycles. The third kappa shape index (κ3) is 2.06. The van der Waals surface area contributed by atoms with Gasteiger partial charge in [-0.15, -0.1) is 0 Å². The summed E-state index contributed by atoms with van der Waals surface area (Å²) in [4.78, 5) is 2.50. The van der Waals surface area contributed by atoms with Crippen LogP contribution in [0.15, 0.2) is 30.3 Å². The number of hydrogen-bond acceptors (Lipinski definition) is 2. The van der Waals surface area contributed by atoms with Gasteiger partial charge in [0.25, 0.3) is 0 Å². The lowest BCUT2D eigenvalue weighted by Gasteiger charge is -2.29. The van der Waals surface area contributed by atoms with Crippen molar-refractivity contribution >= 4 is 0 Å². The van der Waals surface area contributed by atoms with Gasteiger partial charge in [-0.25, -0.2) is 0 Å². The molecule has 3 atom stereocenters. The van der Waals surface area contributed by atoms with Gasteiger partial charge in [-0.2, -0.15) is 0 Å². The van der Waals surface area contributed by atoms with E-state index in [1.165, 1.54) is 5.56 Å². The normalized spacial score (nSPS) is 29.3. The van der Waals surface area contributed by atoms with E-state index < -0.39 is 0 Å². The van der Waals surface area contributed by atoms with E-state index in [0.29, 0.717) is 18.1 Å². The lowest BCUT2D eigenvalue weighted by atomic mass is 10.1. The van der Waals surface area contributed by atoms with Crippen molar-refractivity contribution in [3.63, 3.8) is 0 Å². The predicted molar refractivity (Wildman–Crippen MR) is 63.6 cm³/mol. The Kier molecular flexibility index (Phi) is 3.08. The van der Waals surface area contributed by atoms with E-state index in [1.54, 1.807) is 0 Å². The minimum Gasteiger partial charge on any atom is -0.326 e. The minimum absolute atomic E-state index is 0.344. The molecule has 1 aliphatic rings. The van der Waals surface area contributed by atoms with Crippen molar-refractivity contribution in [1.82, 2.24) is 4.90 Å². The summed E-state index contributed by atoms with van der Waals surface area (Å²) in [6.07, 6.45) is 1.12. The standard InChI is InChI=1S/C13H20N2/c1-10(12-6-4-3-5-7-12)15-9-8-13(14)11(15)2/h3-7,10-11,13H,8-9,14H2,1-2H3. The average molecular weight is 204 g/mol. The van der Waals surface area contributed by atoms with Crippen LogP contribution in [0.5, 0.6) is 0 Å². The summed E-state index contributed by atoms with van der Waals surface area (Å²) >= 11 is 0. The van der Waals surface area contributed by atoms with Gasteiger partial charge < -0.3 is 5.73 Å². The predicted octanol–water partition coefficient (Wildman–Crippen LogP) is 2.17. The third-order valence-corrected chi connectivity index (χ3v) is 3.64. The molecule has 2 heteroatoms. The van der Waals surface area contributed by atoms with Crippen molar-refractivity contribution in [2.24, 2.45) is 5.73 Å². The van der Waals surface area contributed by atoms with Crippen LogP contribution in [0.2, 0.25) is 0 Å². The van der Waals surface area contributed by atoms with Gasteiger partial charge in [0.2, 0.25) is 0 Å². The highest BCUT2D eigenvalue weighted by Crippen LogP contribution is 2.27. The molecule has 1 aromatic rings. The summed E-state index contributed by atoms with van der Waals surface area (Å²) in [6, 6.07) is 12.0. The fraction of sp³-hybridized carbons (Fsp3) is 0.538. The fourth-order valence-electron chi connectivity index (χ4n) is 2.46. The molecular weight excluding hydrogens is 184 g/mol. The van der Waals surface area contributed by atoms with E-state index in [2.05, 4.69) is 49.1 Å². The highest BCUT2D eigenvalue weighted by molar-refractivity contribution is 5.19. The lowest BCUT2D eigenvalue weighted by molar-refractivity contribution is 0.198. The van der Waals surface area contributed by atoms with E-state index in [-0.39, 0.29) is 0 Å². The van der Waals surface area contributed by atoms with E-state index >= 15 is 0 Å². The molecule has 82 valence electrons. The largest absolute Gasteiger partial charge is 0.326 e. The molecule has 0 spiro atoms. The van der Waals surface area contributed by atoms with Gasteiger partial charge in [0, 0.05) is 24.7 Å². The van der Waals surface area contributed by atoms with E-state index in [9.17, 15) is 0 Å². The average Bonchev–Trinajstić information content (AvgIpc) is 2.60. The van der Waals surface area contributed by atoms with E-state index in [4.69, 9.17) is 5.73 Å². The van der Waals surface area contributed by atoms with Crippen LogP contribution in [0.3, 0.4) is 0 Å². The van der Waals surface area contributed by atoms with Gasteiger partial charge >= 0.3 is 0 Å². The molecule has 2 N–H and O–H groups in total. The lowest BCUT2D eigenvalue weighted by Crippen LogP contribution is -2.38. The first-order valence-electron chi connectivity index (χ1n) is 5.76. The smallest absolute Gasteiger partial charge is 0.0323 e. The quantitative estimate of drug-likeness (QED) is 0.800. The highest BCUT2D eigenvalue weighted by Gasteiger charge is 2.31. The van der Waals surface area contributed by atoms with Crippen LogP contribution in [0, 0.1) is 0 Å². The minimum atomic E-state index is 0.344. The van der Waals surface area contributed by atoms with Gasteiger partial charge in [-0.05, 0) is 25.8 Å². The van der Waals surface area contributed by atoms with Crippen molar-refractivity contribution in [3.05, 3.63) is 35.9 Å². The summed E-state index contributed by atoms with van der Waals surface area (Å²) in [6.45, 7) is 5.62. The summed E-state index contributed by atoms with van der Waals surface area (Å²) in [5.41, 5.74) is 7.43. The zero-order valence-corrected chi connectivity index (χ0v) is 9.56. The number of benzene rings is 1. The van der Waals surface area contributed by atoms with Crippen LogP contribution < -0.4 is 5.73 Å². The van der Waals surface area contributed by atoms with Gasteiger partial charge in [0.15, 0.2) is 0 Å². The van der Waals surface area contributed by atoms with Crippen LogP contribution in [0.4, 0.5) is 0 Å². The molecule has 3 unspecified atom stereocenters. The maximum Gasteiger partial charge on any atom is 0.0323 e. The molecule has 0 aromatic heterocycles. The zero-order valence-electron chi connectivity index (χ0n) is 9.56. The van der Waals surface area contributed by atoms with E-state index in [1.807, 2.05) is 0 Å². The van der Waals surface area contributed by atoms with Crippen LogP contribution in [-0.4, -0.2) is 23.5 Å². The van der Waals surface area contributed by atoms with Crippen molar-refractivity contribution in [1.29, 1.82) is 0 Å². The van der Waals surface area contributed by atoms with E-state index in [0.717, 1.165) is 13.0 Å². The first kappa shape index (κ1) is 10.7. The summed E-state index contributed by atoms with van der Waals surface area (Å²) in [5.74, 6) is 0. The number of hydrogen-bond donors (Lipinski definition) is 1. The Morgan fingerprint density at radius 3 is 2.53 bits per heavy atom. The molecule has 15 heavy (non-hydrogen) atoms. The maximum atomic E-state index is 6.04. The van der Waals surface area contributed by atoms with Gasteiger partial charge in [0.1, 0.15) is 0 Å². The van der Waals surface area contributed by atoms with Crippen LogP contribution in [0.1, 0.15) is 31.9 Å². The first-order valence-corrected chi connectivity index (χ1v) is 5.76. The number of nitrogens with two attached hydrogens (primary N) is 1. The van der Waals surface area contributed by atoms with Gasteiger partial charge in [-0.3, -0.25) is 4.90 Å². The second kappa shape index (κ2) is 4.33. The molecular formula is C13H20N2. The SMILES string of the molecule is CC(c1ccccc1)N1CCC(N)C1C. The van der Waals surface area contributed by atoms with Crippen molar-refractivity contribution in [2.45, 2.75) is 38.4 Å². The second-order valence-electron chi connectivity index (χ2n) is 4.52. The topological polar surface area (TPSA) is 29.3 Å². The van der Waals surface area contributed by atoms with Crippen molar-refractivity contribution < 1.29 is 0 Å². The van der Waals surface area contributed by atoms with Crippen LogP contribution in [0.25, 0.3) is 0 Å². The third-order valence-electron chi connectivity index (χ3n) is 3.64. The monoisotopic (exact) mass is 204 g/mol. The molecule has 2 nitrogen and oxygen atoms in total. The Balaban J connectivity index is 2.12. The number of rotatable bonds is 2. The molecule has 2 rings (SSSR count). The number of likely N-dealkylation sites (tertiary alicyclic amines) is 1.